The number of rotatable bonds is 8. The maximum atomic E-state index is 12.3. The van der Waals surface area contributed by atoms with E-state index in [0.29, 0.717) is 24.3 Å². The first kappa shape index (κ1) is 18.6. The Hall–Kier alpha value is -2.41. The molecular formula is C16H24N4O3. The zero-order valence-corrected chi connectivity index (χ0v) is 13.5. The molecule has 0 unspecified atom stereocenters. The lowest BCUT2D eigenvalue weighted by molar-refractivity contribution is -0.125. The van der Waals surface area contributed by atoms with Gasteiger partial charge in [0.25, 0.3) is 0 Å². The lowest BCUT2D eigenvalue weighted by Gasteiger charge is -2.17. The van der Waals surface area contributed by atoms with Gasteiger partial charge in [0.1, 0.15) is 6.04 Å². The Morgan fingerprint density at radius 2 is 1.52 bits per heavy atom. The van der Waals surface area contributed by atoms with E-state index in [9.17, 15) is 14.4 Å². The van der Waals surface area contributed by atoms with Gasteiger partial charge in [-0.25, -0.2) is 0 Å². The minimum atomic E-state index is -0.589. The maximum absolute atomic E-state index is 12.3. The monoisotopic (exact) mass is 320 g/mol. The van der Waals surface area contributed by atoms with E-state index in [-0.39, 0.29) is 17.7 Å². The van der Waals surface area contributed by atoms with Crippen molar-refractivity contribution < 1.29 is 14.4 Å². The van der Waals surface area contributed by atoms with E-state index in [0.717, 1.165) is 12.8 Å². The number of benzene rings is 1. The number of anilines is 2. The second-order valence-corrected chi connectivity index (χ2v) is 5.29. The second-order valence-electron chi connectivity index (χ2n) is 5.29. The first-order chi connectivity index (χ1) is 10.9. The molecule has 3 amide bonds. The van der Waals surface area contributed by atoms with Crippen LogP contribution in [0.1, 0.15) is 33.1 Å². The predicted octanol–water partition coefficient (Wildman–Crippen LogP) is 1.22. The van der Waals surface area contributed by atoms with Crippen LogP contribution in [0.4, 0.5) is 11.4 Å². The summed E-state index contributed by atoms with van der Waals surface area (Å²) in [6, 6.07) is 6.17. The molecule has 0 aliphatic heterocycles. The van der Waals surface area contributed by atoms with Gasteiger partial charge < -0.3 is 21.7 Å². The van der Waals surface area contributed by atoms with Crippen molar-refractivity contribution in [3.8, 4) is 0 Å². The topological polar surface area (TPSA) is 113 Å². The van der Waals surface area contributed by atoms with Gasteiger partial charge in [-0.2, -0.15) is 0 Å². The summed E-state index contributed by atoms with van der Waals surface area (Å²) in [6.07, 6.45) is 2.09. The summed E-state index contributed by atoms with van der Waals surface area (Å²) in [5.41, 5.74) is 6.69. The maximum Gasteiger partial charge on any atom is 0.246 e. The fourth-order valence-corrected chi connectivity index (χ4v) is 2.08. The zero-order chi connectivity index (χ0) is 17.2. The van der Waals surface area contributed by atoms with Crippen molar-refractivity contribution in [1.82, 2.24) is 5.32 Å². The van der Waals surface area contributed by atoms with Gasteiger partial charge in [-0.3, -0.25) is 14.4 Å². The summed E-state index contributed by atoms with van der Waals surface area (Å²) in [7, 11) is 0. The Balaban J connectivity index is 2.65. The largest absolute Gasteiger partial charge is 0.345 e. The second kappa shape index (κ2) is 9.58. The summed E-state index contributed by atoms with van der Waals surface area (Å²) in [5, 5.41) is 8.05. The van der Waals surface area contributed by atoms with Crippen molar-refractivity contribution in [2.45, 2.75) is 39.2 Å². The van der Waals surface area contributed by atoms with Crippen LogP contribution >= 0.6 is 0 Å². The molecule has 1 rings (SSSR count). The van der Waals surface area contributed by atoms with Gasteiger partial charge in [-0.05, 0) is 50.1 Å². The van der Waals surface area contributed by atoms with Crippen LogP contribution in [0.5, 0.6) is 0 Å². The van der Waals surface area contributed by atoms with Gasteiger partial charge in [0, 0.05) is 25.2 Å². The van der Waals surface area contributed by atoms with E-state index in [1.807, 2.05) is 0 Å². The number of carbonyl (C=O) groups is 3. The number of amides is 3. The molecule has 126 valence electrons. The Kier molecular flexibility index (Phi) is 7.76. The molecule has 5 N–H and O–H groups in total. The highest BCUT2D eigenvalue weighted by Gasteiger charge is 2.19. The third-order valence-electron chi connectivity index (χ3n) is 3.11. The number of carbonyl (C=O) groups excluding carboxylic acids is 3. The van der Waals surface area contributed by atoms with Crippen molar-refractivity contribution in [2.75, 3.05) is 17.2 Å². The SMILES string of the molecule is CC(=O)Nc1ccc(NC(=O)[C@H](CCCCN)NC(C)=O)cc1. The molecule has 0 saturated heterocycles. The summed E-state index contributed by atoms with van der Waals surface area (Å²) < 4.78 is 0. The van der Waals surface area contributed by atoms with Crippen LogP contribution in [0, 0.1) is 0 Å². The van der Waals surface area contributed by atoms with E-state index in [4.69, 9.17) is 5.73 Å². The highest BCUT2D eigenvalue weighted by molar-refractivity contribution is 5.97. The van der Waals surface area contributed by atoms with Gasteiger partial charge >= 0.3 is 0 Å². The van der Waals surface area contributed by atoms with Crippen molar-refractivity contribution in [1.29, 1.82) is 0 Å². The van der Waals surface area contributed by atoms with Crippen molar-refractivity contribution in [3.05, 3.63) is 24.3 Å². The van der Waals surface area contributed by atoms with E-state index in [2.05, 4.69) is 16.0 Å². The molecule has 0 spiro atoms. The molecule has 0 bridgehead atoms. The summed E-state index contributed by atoms with van der Waals surface area (Å²) in [4.78, 5) is 34.5. The molecule has 0 aliphatic rings. The number of hydrogen-bond donors (Lipinski definition) is 4. The van der Waals surface area contributed by atoms with E-state index < -0.39 is 6.04 Å². The molecule has 1 aromatic carbocycles. The van der Waals surface area contributed by atoms with Gasteiger partial charge in [0.2, 0.25) is 17.7 Å². The van der Waals surface area contributed by atoms with E-state index >= 15 is 0 Å². The first-order valence-corrected chi connectivity index (χ1v) is 7.58. The fourth-order valence-electron chi connectivity index (χ4n) is 2.08. The number of nitrogens with one attached hydrogen (secondary N) is 3. The summed E-state index contributed by atoms with van der Waals surface area (Å²) in [6.45, 7) is 3.36. The Morgan fingerprint density at radius 3 is 2.00 bits per heavy atom. The normalized spacial score (nSPS) is 11.4. The van der Waals surface area contributed by atoms with Crippen LogP contribution in [-0.4, -0.2) is 30.3 Å². The molecule has 1 aromatic rings. The minimum absolute atomic E-state index is 0.160. The molecule has 0 radical (unpaired) electrons. The van der Waals surface area contributed by atoms with Crippen LogP contribution < -0.4 is 21.7 Å². The molecule has 23 heavy (non-hydrogen) atoms. The Bertz CT molecular complexity index is 543. The lowest BCUT2D eigenvalue weighted by atomic mass is 10.1. The minimum Gasteiger partial charge on any atom is -0.345 e. The Labute approximate surface area is 136 Å². The van der Waals surface area contributed by atoms with Gasteiger partial charge in [0.15, 0.2) is 0 Å². The summed E-state index contributed by atoms with van der Waals surface area (Å²) >= 11 is 0. The molecular weight excluding hydrogens is 296 g/mol. The van der Waals surface area contributed by atoms with Gasteiger partial charge in [0.05, 0.1) is 0 Å². The van der Waals surface area contributed by atoms with Crippen LogP contribution in [0.15, 0.2) is 24.3 Å². The highest BCUT2D eigenvalue weighted by atomic mass is 16.2. The molecule has 0 aliphatic carbocycles. The van der Waals surface area contributed by atoms with E-state index in [1.165, 1.54) is 13.8 Å². The molecule has 7 heteroatoms. The van der Waals surface area contributed by atoms with Gasteiger partial charge in [-0.1, -0.05) is 0 Å². The van der Waals surface area contributed by atoms with Gasteiger partial charge in [-0.15, -0.1) is 0 Å². The lowest BCUT2D eigenvalue weighted by Crippen LogP contribution is -2.42. The smallest absolute Gasteiger partial charge is 0.246 e. The first-order valence-electron chi connectivity index (χ1n) is 7.58. The Morgan fingerprint density at radius 1 is 0.957 bits per heavy atom. The molecule has 0 fully saturated rings. The standard InChI is InChI=1S/C16H24N4O3/c1-11(21)18-13-6-8-14(9-7-13)20-16(23)15(19-12(2)22)5-3-4-10-17/h6-9,15H,3-5,10,17H2,1-2H3,(H,18,21)(H,19,22)(H,20,23)/t15-/m0/s1. The van der Waals surface area contributed by atoms with Crippen LogP contribution in [0.3, 0.4) is 0 Å². The fraction of sp³-hybridized carbons (Fsp3) is 0.438. The average molecular weight is 320 g/mol. The molecule has 0 saturated carbocycles. The number of nitrogens with two attached hydrogens (primary N) is 1. The zero-order valence-electron chi connectivity index (χ0n) is 13.5. The molecule has 0 heterocycles. The average Bonchev–Trinajstić information content (AvgIpc) is 2.47. The number of hydrogen-bond acceptors (Lipinski definition) is 4. The number of unbranched alkanes of at least 4 members (excludes halogenated alkanes) is 1. The van der Waals surface area contributed by atoms with Crippen molar-refractivity contribution >= 4 is 29.1 Å². The van der Waals surface area contributed by atoms with E-state index in [1.54, 1.807) is 24.3 Å². The van der Waals surface area contributed by atoms with Crippen LogP contribution in [0.25, 0.3) is 0 Å². The highest BCUT2D eigenvalue weighted by Crippen LogP contribution is 2.14. The predicted molar refractivity (Wildman–Crippen MR) is 89.9 cm³/mol. The van der Waals surface area contributed by atoms with Crippen molar-refractivity contribution in [2.24, 2.45) is 5.73 Å². The molecule has 0 aromatic heterocycles. The van der Waals surface area contributed by atoms with Crippen molar-refractivity contribution in [3.63, 3.8) is 0 Å². The van der Waals surface area contributed by atoms with Crippen LogP contribution in [-0.2, 0) is 14.4 Å². The summed E-state index contributed by atoms with van der Waals surface area (Å²) in [5.74, 6) is -0.684. The van der Waals surface area contributed by atoms with Crippen LogP contribution in [0.2, 0.25) is 0 Å². The third kappa shape index (κ3) is 7.42. The molecule has 1 atom stereocenters. The molecule has 7 nitrogen and oxygen atoms in total. The quantitative estimate of drug-likeness (QED) is 0.539. The third-order valence-corrected chi connectivity index (χ3v) is 3.11.